The fourth-order valence-corrected chi connectivity index (χ4v) is 4.52. The third kappa shape index (κ3) is 9.59. The normalized spacial score (nSPS) is 11.6. The van der Waals surface area contributed by atoms with Crippen LogP contribution in [0.2, 0.25) is 0 Å². The Morgan fingerprint density at radius 2 is 0.935 bits per heavy atom. The summed E-state index contributed by atoms with van der Waals surface area (Å²) in [6.45, 7) is 20.9. The Hall–Kier alpha value is -0.963. The average Bonchev–Trinajstić information content (AvgIpc) is 2.56. The minimum absolute atomic E-state index is 0. The molecule has 0 saturated carbocycles. The Morgan fingerprint density at radius 1 is 0.581 bits per heavy atom. The molecule has 2 aromatic rings. The number of hydrogen-bond donors (Lipinski definition) is 0. The second-order valence-electron chi connectivity index (χ2n) is 11.1. The van der Waals surface area contributed by atoms with Gasteiger partial charge in [0.15, 0.2) is 0 Å². The van der Waals surface area contributed by atoms with Gasteiger partial charge in [0.1, 0.15) is 0 Å². The fraction of sp³-hybridized carbons (Fsp3) is 0.600. The first-order valence-corrected chi connectivity index (χ1v) is 12.2. The molecule has 2 rings (SSSR count). The molecule has 1 heteroatoms. The molecule has 31 heavy (non-hydrogen) atoms. The second-order valence-corrected chi connectivity index (χ2v) is 11.1. The molecule has 0 aromatic heterocycles. The van der Waals surface area contributed by atoms with Crippen LogP contribution in [0.5, 0.6) is 0 Å². The minimum Gasteiger partial charge on any atom is -0.177 e. The minimum atomic E-state index is 0. The van der Waals surface area contributed by atoms with E-state index in [1.165, 1.54) is 40.7 Å². The maximum absolute atomic E-state index is 3.72. The Balaban J connectivity index is 0.00000480. The van der Waals surface area contributed by atoms with Crippen molar-refractivity contribution in [2.24, 2.45) is 23.7 Å². The summed E-state index contributed by atoms with van der Waals surface area (Å²) in [7, 11) is 0. The topological polar surface area (TPSA) is 0 Å². The van der Waals surface area contributed by atoms with Gasteiger partial charge in [0.2, 0.25) is 0 Å². The van der Waals surface area contributed by atoms with Crippen molar-refractivity contribution in [2.45, 2.75) is 94.4 Å². The van der Waals surface area contributed by atoms with E-state index >= 15 is 0 Å². The molecule has 0 aliphatic carbocycles. The van der Waals surface area contributed by atoms with Crippen LogP contribution < -0.4 is 18.9 Å². The van der Waals surface area contributed by atoms with Crippen LogP contribution in [0.3, 0.4) is 0 Å². The van der Waals surface area contributed by atoms with Gasteiger partial charge in [-0.3, -0.25) is 0 Å². The molecule has 0 aliphatic rings. The molecule has 0 aliphatic heterocycles. The Morgan fingerprint density at radius 3 is 1.29 bits per heavy atom. The van der Waals surface area contributed by atoms with Gasteiger partial charge < -0.3 is 0 Å². The van der Waals surface area contributed by atoms with Crippen molar-refractivity contribution >= 4 is 0 Å². The Labute approximate surface area is 205 Å². The predicted octanol–water partition coefficient (Wildman–Crippen LogP) is 5.18. The SMILES string of the molecule is Cc1c(CC(C)C)cc(Cc2cc(CC(C)C)[c-]c(CC(C)C)c2)cc1CC(C)C.[Li+]. The Kier molecular flexibility index (Phi) is 11.7. The first-order chi connectivity index (χ1) is 14.0. The molecule has 0 amide bonds. The van der Waals surface area contributed by atoms with Crippen molar-refractivity contribution in [1.82, 2.24) is 0 Å². The van der Waals surface area contributed by atoms with Crippen LogP contribution in [0.4, 0.5) is 0 Å². The van der Waals surface area contributed by atoms with Crippen molar-refractivity contribution in [3.8, 4) is 0 Å². The van der Waals surface area contributed by atoms with Gasteiger partial charge in [-0.05, 0) is 85.0 Å². The van der Waals surface area contributed by atoms with Crippen LogP contribution in [0.15, 0.2) is 24.3 Å². The second kappa shape index (κ2) is 12.9. The van der Waals surface area contributed by atoms with Crippen molar-refractivity contribution < 1.29 is 18.9 Å². The Bertz CT molecular complexity index is 752. The summed E-state index contributed by atoms with van der Waals surface area (Å²) in [6, 6.07) is 13.5. The van der Waals surface area contributed by atoms with Crippen LogP contribution in [0.1, 0.15) is 94.3 Å². The maximum Gasteiger partial charge on any atom is 1.00 e. The molecule has 0 N–H and O–H groups in total. The smallest absolute Gasteiger partial charge is 0.177 e. The predicted molar refractivity (Wildman–Crippen MR) is 133 cm³/mol. The van der Waals surface area contributed by atoms with Gasteiger partial charge in [0.25, 0.3) is 0 Å². The number of rotatable bonds is 10. The number of benzene rings is 2. The molecule has 0 fully saturated rings. The van der Waals surface area contributed by atoms with E-state index in [-0.39, 0.29) is 18.9 Å². The van der Waals surface area contributed by atoms with Crippen LogP contribution in [-0.4, -0.2) is 0 Å². The molecule has 0 saturated heterocycles. The molecule has 0 bridgehead atoms. The molecule has 2 aromatic carbocycles. The van der Waals surface area contributed by atoms with E-state index in [0.29, 0.717) is 23.7 Å². The first kappa shape index (κ1) is 28.1. The molecule has 0 nitrogen and oxygen atoms in total. The maximum atomic E-state index is 3.72. The van der Waals surface area contributed by atoms with E-state index in [2.05, 4.69) is 92.6 Å². The van der Waals surface area contributed by atoms with Crippen LogP contribution in [0, 0.1) is 36.7 Å². The standard InChI is InChI=1S/C30H45.Li/c1-20(2)10-25-14-26(11-21(3)4)16-27(15-25)17-28-18-29(12-22(5)6)24(9)30(19-28)13-23(7)8;/h15-16,18-23H,10-13,17H2,1-9H3;/q-1;+1. The molecule has 0 unspecified atom stereocenters. The molecule has 0 spiro atoms. The van der Waals surface area contributed by atoms with Gasteiger partial charge in [-0.25, -0.2) is 0 Å². The van der Waals surface area contributed by atoms with E-state index in [1.54, 1.807) is 11.1 Å². The summed E-state index contributed by atoms with van der Waals surface area (Å²) < 4.78 is 0. The summed E-state index contributed by atoms with van der Waals surface area (Å²) in [5, 5.41) is 0. The van der Waals surface area contributed by atoms with Gasteiger partial charge in [-0.15, -0.1) is 0 Å². The molecular formula is C30H45Li. The summed E-state index contributed by atoms with van der Waals surface area (Å²) >= 11 is 0. The van der Waals surface area contributed by atoms with Gasteiger partial charge >= 0.3 is 18.9 Å². The zero-order valence-electron chi connectivity index (χ0n) is 22.2. The van der Waals surface area contributed by atoms with Gasteiger partial charge in [-0.2, -0.15) is 34.9 Å². The van der Waals surface area contributed by atoms with E-state index in [0.717, 1.165) is 19.3 Å². The van der Waals surface area contributed by atoms with Gasteiger partial charge in [0, 0.05) is 0 Å². The van der Waals surface area contributed by atoms with Crippen LogP contribution in [-0.2, 0) is 32.1 Å². The third-order valence-corrected chi connectivity index (χ3v) is 5.64. The first-order valence-electron chi connectivity index (χ1n) is 12.2. The monoisotopic (exact) mass is 412 g/mol. The summed E-state index contributed by atoms with van der Waals surface area (Å²) in [4.78, 5) is 0. The van der Waals surface area contributed by atoms with Crippen LogP contribution in [0.25, 0.3) is 0 Å². The van der Waals surface area contributed by atoms with E-state index < -0.39 is 0 Å². The summed E-state index contributed by atoms with van der Waals surface area (Å²) in [5.41, 5.74) is 10.3. The molecule has 0 radical (unpaired) electrons. The van der Waals surface area contributed by atoms with Crippen molar-refractivity contribution in [1.29, 1.82) is 0 Å². The zero-order valence-corrected chi connectivity index (χ0v) is 22.2. The molecule has 166 valence electrons. The molecule has 0 heterocycles. The van der Waals surface area contributed by atoms with Crippen LogP contribution >= 0.6 is 0 Å². The fourth-order valence-electron chi connectivity index (χ4n) is 4.52. The van der Waals surface area contributed by atoms with Gasteiger partial charge in [-0.1, -0.05) is 67.5 Å². The third-order valence-electron chi connectivity index (χ3n) is 5.64. The quantitative estimate of drug-likeness (QED) is 0.372. The summed E-state index contributed by atoms with van der Waals surface area (Å²) in [5.74, 6) is 2.70. The zero-order chi connectivity index (χ0) is 22.4. The van der Waals surface area contributed by atoms with E-state index in [1.807, 2.05) is 0 Å². The van der Waals surface area contributed by atoms with Crippen molar-refractivity contribution in [2.75, 3.05) is 0 Å². The van der Waals surface area contributed by atoms with E-state index in [9.17, 15) is 0 Å². The molecular weight excluding hydrogens is 367 g/mol. The summed E-state index contributed by atoms with van der Waals surface area (Å²) in [6.07, 6.45) is 5.60. The number of hydrogen-bond acceptors (Lipinski definition) is 0. The van der Waals surface area contributed by atoms with Gasteiger partial charge in [0.05, 0.1) is 0 Å². The van der Waals surface area contributed by atoms with E-state index in [4.69, 9.17) is 0 Å². The van der Waals surface area contributed by atoms with Crippen molar-refractivity contribution in [3.05, 3.63) is 69.3 Å². The van der Waals surface area contributed by atoms with Crippen molar-refractivity contribution in [3.63, 3.8) is 0 Å². The largest absolute Gasteiger partial charge is 1.00 e. The molecule has 0 atom stereocenters. The average molecular weight is 413 g/mol.